The van der Waals surface area contributed by atoms with Crippen molar-refractivity contribution < 1.29 is 4.79 Å². The number of hydrogen-bond donors (Lipinski definition) is 3. The summed E-state index contributed by atoms with van der Waals surface area (Å²) in [5.74, 6) is 0.408. The van der Waals surface area contributed by atoms with E-state index in [9.17, 15) is 4.79 Å². The van der Waals surface area contributed by atoms with Crippen LogP contribution in [0.2, 0.25) is 0 Å². The Morgan fingerprint density at radius 3 is 2.59 bits per heavy atom. The first kappa shape index (κ1) is 16.0. The van der Waals surface area contributed by atoms with E-state index in [1.165, 1.54) is 0 Å². The average Bonchev–Trinajstić information content (AvgIpc) is 2.53. The number of aromatic nitrogens is 1. The quantitative estimate of drug-likeness (QED) is 0.764. The van der Waals surface area contributed by atoms with Gasteiger partial charge in [-0.05, 0) is 31.5 Å². The lowest BCUT2D eigenvalue weighted by Crippen LogP contribution is -2.32. The Bertz CT molecular complexity index is 613. The van der Waals surface area contributed by atoms with E-state index < -0.39 is 0 Å². The van der Waals surface area contributed by atoms with E-state index in [4.69, 9.17) is 5.73 Å². The van der Waals surface area contributed by atoms with Crippen LogP contribution in [0.15, 0.2) is 48.7 Å². The largest absolute Gasteiger partial charge is 0.367 e. The molecule has 1 amide bonds. The third-order valence-corrected chi connectivity index (χ3v) is 3.19. The highest BCUT2D eigenvalue weighted by molar-refractivity contribution is 5.98. The molecule has 1 aromatic carbocycles. The fraction of sp³-hybridized carbons (Fsp3) is 0.294. The van der Waals surface area contributed by atoms with Crippen molar-refractivity contribution >= 4 is 11.7 Å². The van der Waals surface area contributed by atoms with Gasteiger partial charge in [-0.3, -0.25) is 4.79 Å². The number of pyridine rings is 1. The summed E-state index contributed by atoms with van der Waals surface area (Å²) in [6.45, 7) is 4.38. The normalized spacial score (nSPS) is 12.0. The lowest BCUT2D eigenvalue weighted by Gasteiger charge is -2.15. The Hall–Kier alpha value is -2.40. The molecule has 2 aromatic rings. The highest BCUT2D eigenvalue weighted by atomic mass is 16.1. The van der Waals surface area contributed by atoms with Gasteiger partial charge in [0.25, 0.3) is 5.91 Å². The second-order valence-corrected chi connectivity index (χ2v) is 5.43. The van der Waals surface area contributed by atoms with E-state index in [-0.39, 0.29) is 18.0 Å². The van der Waals surface area contributed by atoms with Crippen LogP contribution < -0.4 is 16.4 Å². The molecule has 1 aromatic heterocycles. The second kappa shape index (κ2) is 7.56. The molecular weight excluding hydrogens is 276 g/mol. The summed E-state index contributed by atoms with van der Waals surface area (Å²) in [4.78, 5) is 16.6. The lowest BCUT2D eigenvalue weighted by molar-refractivity contribution is 0.0951. The molecular formula is C17H22N4O. The molecule has 0 aliphatic rings. The molecule has 0 saturated carbocycles. The molecule has 22 heavy (non-hydrogen) atoms. The van der Waals surface area contributed by atoms with E-state index in [0.29, 0.717) is 17.9 Å². The van der Waals surface area contributed by atoms with E-state index in [1.54, 1.807) is 18.3 Å². The Kier molecular flexibility index (Phi) is 5.49. The van der Waals surface area contributed by atoms with Crippen molar-refractivity contribution in [1.29, 1.82) is 0 Å². The predicted octanol–water partition coefficient (Wildman–Crippen LogP) is 2.33. The zero-order chi connectivity index (χ0) is 15.9. The number of nitrogens with zero attached hydrogens (tertiary/aromatic N) is 1. The van der Waals surface area contributed by atoms with Gasteiger partial charge in [0.15, 0.2) is 0 Å². The molecule has 2 rings (SSSR count). The van der Waals surface area contributed by atoms with Crippen LogP contribution >= 0.6 is 0 Å². The van der Waals surface area contributed by atoms with Crippen LogP contribution in [-0.2, 0) is 0 Å². The summed E-state index contributed by atoms with van der Waals surface area (Å²) in [6.07, 6.45) is 1.66. The SMILES string of the molecule is CC(C)Nc1ncccc1C(=O)NCC(N)c1ccccc1. The van der Waals surface area contributed by atoms with Gasteiger partial charge in [0.05, 0.1) is 5.56 Å². The molecule has 1 atom stereocenters. The van der Waals surface area contributed by atoms with Gasteiger partial charge >= 0.3 is 0 Å². The smallest absolute Gasteiger partial charge is 0.255 e. The van der Waals surface area contributed by atoms with Crippen molar-refractivity contribution in [2.45, 2.75) is 25.9 Å². The first-order chi connectivity index (χ1) is 10.6. The third kappa shape index (κ3) is 4.30. The average molecular weight is 298 g/mol. The van der Waals surface area contributed by atoms with E-state index >= 15 is 0 Å². The summed E-state index contributed by atoms with van der Waals surface area (Å²) in [7, 11) is 0. The minimum Gasteiger partial charge on any atom is -0.367 e. The zero-order valence-electron chi connectivity index (χ0n) is 12.9. The van der Waals surface area contributed by atoms with Gasteiger partial charge < -0.3 is 16.4 Å². The molecule has 1 unspecified atom stereocenters. The first-order valence-corrected chi connectivity index (χ1v) is 7.38. The number of carbonyl (C=O) groups is 1. The monoisotopic (exact) mass is 298 g/mol. The summed E-state index contributed by atoms with van der Waals surface area (Å²) < 4.78 is 0. The summed E-state index contributed by atoms with van der Waals surface area (Å²) >= 11 is 0. The number of carbonyl (C=O) groups excluding carboxylic acids is 1. The van der Waals surface area contributed by atoms with E-state index in [2.05, 4.69) is 15.6 Å². The van der Waals surface area contributed by atoms with Crippen LogP contribution in [0.4, 0.5) is 5.82 Å². The van der Waals surface area contributed by atoms with Gasteiger partial charge in [0.2, 0.25) is 0 Å². The minimum atomic E-state index is -0.233. The molecule has 5 heteroatoms. The molecule has 0 aliphatic carbocycles. The summed E-state index contributed by atoms with van der Waals surface area (Å²) in [5.41, 5.74) is 7.61. The van der Waals surface area contributed by atoms with Crippen LogP contribution in [0.25, 0.3) is 0 Å². The van der Waals surface area contributed by atoms with Gasteiger partial charge in [-0.2, -0.15) is 0 Å². The number of hydrogen-bond acceptors (Lipinski definition) is 4. The zero-order valence-corrected chi connectivity index (χ0v) is 12.9. The molecule has 0 radical (unpaired) electrons. The fourth-order valence-electron chi connectivity index (χ4n) is 2.09. The standard InChI is InChI=1S/C17H22N4O/c1-12(2)21-16-14(9-6-10-19-16)17(22)20-11-15(18)13-7-4-3-5-8-13/h3-10,12,15H,11,18H2,1-2H3,(H,19,21)(H,20,22). The molecule has 1 heterocycles. The van der Waals surface area contributed by atoms with Crippen molar-refractivity contribution in [2.24, 2.45) is 5.73 Å². The maximum absolute atomic E-state index is 12.3. The number of amides is 1. The van der Waals surface area contributed by atoms with Gasteiger partial charge in [-0.25, -0.2) is 4.98 Å². The second-order valence-electron chi connectivity index (χ2n) is 5.43. The molecule has 0 aliphatic heterocycles. The Morgan fingerprint density at radius 2 is 1.91 bits per heavy atom. The van der Waals surface area contributed by atoms with Crippen molar-refractivity contribution in [3.63, 3.8) is 0 Å². The fourth-order valence-corrected chi connectivity index (χ4v) is 2.09. The van der Waals surface area contributed by atoms with Crippen LogP contribution in [0.5, 0.6) is 0 Å². The van der Waals surface area contributed by atoms with E-state index in [0.717, 1.165) is 5.56 Å². The number of nitrogens with two attached hydrogens (primary N) is 1. The highest BCUT2D eigenvalue weighted by Gasteiger charge is 2.14. The topological polar surface area (TPSA) is 80.0 Å². The van der Waals surface area contributed by atoms with Crippen molar-refractivity contribution in [1.82, 2.24) is 10.3 Å². The van der Waals surface area contributed by atoms with Gasteiger partial charge in [0.1, 0.15) is 5.82 Å². The minimum absolute atomic E-state index is 0.178. The molecule has 5 nitrogen and oxygen atoms in total. The Labute approximate surface area is 130 Å². The van der Waals surface area contributed by atoms with Gasteiger partial charge in [-0.15, -0.1) is 0 Å². The van der Waals surface area contributed by atoms with Crippen LogP contribution in [-0.4, -0.2) is 23.5 Å². The number of nitrogens with one attached hydrogen (secondary N) is 2. The molecule has 0 bridgehead atoms. The van der Waals surface area contributed by atoms with Gasteiger partial charge in [0, 0.05) is 24.8 Å². The molecule has 4 N–H and O–H groups in total. The number of anilines is 1. The van der Waals surface area contributed by atoms with Crippen LogP contribution in [0.3, 0.4) is 0 Å². The third-order valence-electron chi connectivity index (χ3n) is 3.19. The first-order valence-electron chi connectivity index (χ1n) is 7.38. The lowest BCUT2D eigenvalue weighted by atomic mass is 10.1. The number of benzene rings is 1. The van der Waals surface area contributed by atoms with Crippen molar-refractivity contribution in [3.05, 3.63) is 59.8 Å². The summed E-state index contributed by atoms with van der Waals surface area (Å²) in [5, 5.41) is 6.04. The van der Waals surface area contributed by atoms with Crippen molar-refractivity contribution in [3.8, 4) is 0 Å². The molecule has 116 valence electrons. The maximum atomic E-state index is 12.3. The Balaban J connectivity index is 2.01. The van der Waals surface area contributed by atoms with Crippen molar-refractivity contribution in [2.75, 3.05) is 11.9 Å². The Morgan fingerprint density at radius 1 is 1.18 bits per heavy atom. The number of rotatable bonds is 6. The molecule has 0 spiro atoms. The van der Waals surface area contributed by atoms with Gasteiger partial charge in [-0.1, -0.05) is 30.3 Å². The molecule has 0 saturated heterocycles. The van der Waals surface area contributed by atoms with Crippen LogP contribution in [0.1, 0.15) is 35.8 Å². The predicted molar refractivity (Wildman–Crippen MR) is 88.7 cm³/mol. The molecule has 0 fully saturated rings. The maximum Gasteiger partial charge on any atom is 0.255 e. The summed E-state index contributed by atoms with van der Waals surface area (Å²) in [6, 6.07) is 13.2. The van der Waals surface area contributed by atoms with E-state index in [1.807, 2.05) is 44.2 Å². The highest BCUT2D eigenvalue weighted by Crippen LogP contribution is 2.13. The van der Waals surface area contributed by atoms with Crippen LogP contribution in [0, 0.1) is 0 Å².